The molecule has 0 spiro atoms. The van der Waals surface area contributed by atoms with Crippen molar-refractivity contribution in [2.75, 3.05) is 13.2 Å². The number of hydrogen-bond acceptors (Lipinski definition) is 6. The average molecular weight is 272 g/mol. The van der Waals surface area contributed by atoms with Gasteiger partial charge in [0.25, 0.3) is 0 Å². The summed E-state index contributed by atoms with van der Waals surface area (Å²) in [5.74, 6) is -4.09. The number of carbonyl (C=O) groups is 4. The summed E-state index contributed by atoms with van der Waals surface area (Å²) >= 11 is 0. The van der Waals surface area contributed by atoms with Gasteiger partial charge in [0.15, 0.2) is 0 Å². The fourth-order valence-corrected chi connectivity index (χ4v) is 0.936. The molecule has 0 saturated carbocycles. The first-order valence-corrected chi connectivity index (χ1v) is 6.14. The number of hydrogen-bond donors (Lipinski definition) is 0. The molecule has 0 aliphatic carbocycles. The van der Waals surface area contributed by atoms with Gasteiger partial charge in [0, 0.05) is 0 Å². The minimum atomic E-state index is -1.10. The van der Waals surface area contributed by atoms with Crippen LogP contribution in [-0.4, -0.2) is 36.7 Å². The molecule has 6 nitrogen and oxygen atoms in total. The van der Waals surface area contributed by atoms with E-state index in [0.717, 1.165) is 0 Å². The maximum Gasteiger partial charge on any atom is 0.375 e. The molecule has 0 aromatic carbocycles. The van der Waals surface area contributed by atoms with E-state index in [4.69, 9.17) is 0 Å². The first-order valence-electron chi connectivity index (χ1n) is 6.14. The zero-order valence-electron chi connectivity index (χ0n) is 11.7. The molecule has 0 aromatic rings. The first-order chi connectivity index (χ1) is 8.73. The summed E-state index contributed by atoms with van der Waals surface area (Å²) in [5, 5.41) is 0. The zero-order valence-corrected chi connectivity index (χ0v) is 11.7. The maximum absolute atomic E-state index is 11.3. The summed E-state index contributed by atoms with van der Waals surface area (Å²) in [7, 11) is 0. The lowest BCUT2D eigenvalue weighted by atomic mass is 10.2. The lowest BCUT2D eigenvalue weighted by Gasteiger charge is -2.07. The molecule has 0 radical (unpaired) electrons. The summed E-state index contributed by atoms with van der Waals surface area (Å²) in [5.41, 5.74) is 0. The molecule has 0 unspecified atom stereocenters. The van der Waals surface area contributed by atoms with Crippen LogP contribution >= 0.6 is 0 Å². The van der Waals surface area contributed by atoms with Crippen LogP contribution in [-0.2, 0) is 28.7 Å². The molecule has 0 aliphatic rings. The molecule has 0 fully saturated rings. The molecule has 19 heavy (non-hydrogen) atoms. The summed E-state index contributed by atoms with van der Waals surface area (Å²) in [4.78, 5) is 45.0. The largest absolute Gasteiger partial charge is 0.460 e. The fraction of sp³-hybridized carbons (Fsp3) is 0.692. The third-order valence-electron chi connectivity index (χ3n) is 1.87. The summed E-state index contributed by atoms with van der Waals surface area (Å²) < 4.78 is 9.30. The predicted molar refractivity (Wildman–Crippen MR) is 66.2 cm³/mol. The first kappa shape index (κ1) is 17.3. The zero-order chi connectivity index (χ0) is 15.0. The number of esters is 2. The van der Waals surface area contributed by atoms with Gasteiger partial charge >= 0.3 is 11.9 Å². The standard InChI is InChI=1S/C13H20O6/c1-8(2)6-18-12(16)10(14)5-11(15)13(17)19-7-9(3)4/h8-9H,5-7H2,1-4H3. The van der Waals surface area contributed by atoms with Crippen LogP contribution in [0.4, 0.5) is 0 Å². The Kier molecular flexibility index (Phi) is 7.63. The van der Waals surface area contributed by atoms with Gasteiger partial charge in [-0.3, -0.25) is 9.59 Å². The number of ketones is 2. The van der Waals surface area contributed by atoms with Crippen LogP contribution in [0.2, 0.25) is 0 Å². The third-order valence-corrected chi connectivity index (χ3v) is 1.87. The summed E-state index contributed by atoms with van der Waals surface area (Å²) in [6, 6.07) is 0. The van der Waals surface area contributed by atoms with Crippen LogP contribution in [0.5, 0.6) is 0 Å². The number of ether oxygens (including phenoxy) is 2. The van der Waals surface area contributed by atoms with Crippen LogP contribution in [0.15, 0.2) is 0 Å². The predicted octanol–water partition coefficient (Wildman–Crippen LogP) is 0.913. The Morgan fingerprint density at radius 2 is 1.05 bits per heavy atom. The molecule has 0 amide bonds. The Bertz CT molecular complexity index is 322. The SMILES string of the molecule is CC(C)COC(=O)C(=O)CC(=O)C(=O)OCC(C)C. The lowest BCUT2D eigenvalue weighted by molar-refractivity contribution is -0.159. The quantitative estimate of drug-likeness (QED) is 0.371. The van der Waals surface area contributed by atoms with E-state index in [1.807, 2.05) is 27.7 Å². The van der Waals surface area contributed by atoms with Gasteiger partial charge < -0.3 is 9.47 Å². The van der Waals surface area contributed by atoms with Gasteiger partial charge in [0.05, 0.1) is 19.6 Å². The molecule has 0 rings (SSSR count). The van der Waals surface area contributed by atoms with Crippen molar-refractivity contribution in [3.05, 3.63) is 0 Å². The summed E-state index contributed by atoms with van der Waals surface area (Å²) in [6.07, 6.45) is -0.812. The van der Waals surface area contributed by atoms with Crippen LogP contribution in [0, 0.1) is 11.8 Å². The van der Waals surface area contributed by atoms with E-state index in [1.165, 1.54) is 0 Å². The molecular formula is C13H20O6. The van der Waals surface area contributed by atoms with Crippen LogP contribution in [0.25, 0.3) is 0 Å². The van der Waals surface area contributed by atoms with E-state index in [2.05, 4.69) is 9.47 Å². The van der Waals surface area contributed by atoms with Gasteiger partial charge in [-0.15, -0.1) is 0 Å². The van der Waals surface area contributed by atoms with Gasteiger partial charge in [-0.1, -0.05) is 27.7 Å². The van der Waals surface area contributed by atoms with Gasteiger partial charge in [-0.25, -0.2) is 9.59 Å². The molecule has 108 valence electrons. The number of carbonyl (C=O) groups excluding carboxylic acids is 4. The average Bonchev–Trinajstić information content (AvgIpc) is 2.32. The Morgan fingerprint density at radius 1 is 0.737 bits per heavy atom. The number of rotatable bonds is 8. The van der Waals surface area contributed by atoms with E-state index >= 15 is 0 Å². The molecule has 0 aliphatic heterocycles. The third kappa shape index (κ3) is 8.07. The van der Waals surface area contributed by atoms with Crippen molar-refractivity contribution < 1.29 is 28.7 Å². The Balaban J connectivity index is 4.14. The van der Waals surface area contributed by atoms with Crippen molar-refractivity contribution >= 4 is 23.5 Å². The highest BCUT2D eigenvalue weighted by molar-refractivity contribution is 6.45. The van der Waals surface area contributed by atoms with E-state index in [0.29, 0.717) is 0 Å². The smallest absolute Gasteiger partial charge is 0.375 e. The molecule has 0 heterocycles. The molecule has 0 aromatic heterocycles. The molecular weight excluding hydrogens is 252 g/mol. The molecule has 0 N–H and O–H groups in total. The lowest BCUT2D eigenvalue weighted by Crippen LogP contribution is -2.27. The Hall–Kier alpha value is -1.72. The van der Waals surface area contributed by atoms with Crippen molar-refractivity contribution in [3.8, 4) is 0 Å². The van der Waals surface area contributed by atoms with Crippen molar-refractivity contribution in [1.82, 2.24) is 0 Å². The Morgan fingerprint density at radius 3 is 1.32 bits per heavy atom. The molecule has 0 saturated heterocycles. The summed E-state index contributed by atoms with van der Waals surface area (Å²) in [6.45, 7) is 7.43. The molecule has 0 bridgehead atoms. The second-order valence-corrected chi connectivity index (χ2v) is 5.01. The van der Waals surface area contributed by atoms with Gasteiger partial charge in [0.2, 0.25) is 11.6 Å². The molecule has 0 atom stereocenters. The highest BCUT2D eigenvalue weighted by Crippen LogP contribution is 1.99. The topological polar surface area (TPSA) is 86.7 Å². The van der Waals surface area contributed by atoms with E-state index in [1.54, 1.807) is 0 Å². The highest BCUT2D eigenvalue weighted by Gasteiger charge is 2.25. The van der Waals surface area contributed by atoms with E-state index < -0.39 is 29.9 Å². The van der Waals surface area contributed by atoms with E-state index in [-0.39, 0.29) is 25.0 Å². The van der Waals surface area contributed by atoms with Crippen LogP contribution in [0.1, 0.15) is 34.1 Å². The normalized spacial score (nSPS) is 10.4. The molecule has 6 heteroatoms. The minimum Gasteiger partial charge on any atom is -0.460 e. The fourth-order valence-electron chi connectivity index (χ4n) is 0.936. The van der Waals surface area contributed by atoms with Crippen molar-refractivity contribution in [1.29, 1.82) is 0 Å². The van der Waals surface area contributed by atoms with Gasteiger partial charge in [-0.05, 0) is 11.8 Å². The minimum absolute atomic E-state index is 0.0865. The number of Topliss-reactive ketones (excluding diaryl/α,β-unsaturated/α-hetero) is 2. The van der Waals surface area contributed by atoms with Gasteiger partial charge in [-0.2, -0.15) is 0 Å². The highest BCUT2D eigenvalue weighted by atomic mass is 16.5. The van der Waals surface area contributed by atoms with Crippen LogP contribution in [0.3, 0.4) is 0 Å². The van der Waals surface area contributed by atoms with Crippen LogP contribution < -0.4 is 0 Å². The van der Waals surface area contributed by atoms with Crippen molar-refractivity contribution in [2.24, 2.45) is 11.8 Å². The van der Waals surface area contributed by atoms with E-state index in [9.17, 15) is 19.2 Å². The monoisotopic (exact) mass is 272 g/mol. The van der Waals surface area contributed by atoms with Crippen molar-refractivity contribution in [3.63, 3.8) is 0 Å². The Labute approximate surface area is 112 Å². The maximum atomic E-state index is 11.3. The van der Waals surface area contributed by atoms with Crippen molar-refractivity contribution in [2.45, 2.75) is 34.1 Å². The van der Waals surface area contributed by atoms with Gasteiger partial charge in [0.1, 0.15) is 0 Å². The second kappa shape index (κ2) is 8.39. The second-order valence-electron chi connectivity index (χ2n) is 5.01.